The van der Waals surface area contributed by atoms with Crippen LogP contribution in [0.15, 0.2) is 42.5 Å². The summed E-state index contributed by atoms with van der Waals surface area (Å²) in [5, 5.41) is 2.73. The van der Waals surface area contributed by atoms with Gasteiger partial charge < -0.3 is 5.32 Å². The van der Waals surface area contributed by atoms with Crippen molar-refractivity contribution in [1.82, 2.24) is 5.32 Å². The van der Waals surface area contributed by atoms with Crippen LogP contribution in [0.25, 0.3) is 0 Å². The zero-order chi connectivity index (χ0) is 17.9. The van der Waals surface area contributed by atoms with Gasteiger partial charge in [0.05, 0.1) is 11.9 Å². The Morgan fingerprint density at radius 1 is 1.17 bits per heavy atom. The lowest BCUT2D eigenvalue weighted by molar-refractivity contribution is 0.0951. The van der Waals surface area contributed by atoms with E-state index in [1.165, 1.54) is 25.2 Å². The van der Waals surface area contributed by atoms with Crippen LogP contribution in [0.1, 0.15) is 21.5 Å². The van der Waals surface area contributed by atoms with E-state index in [9.17, 15) is 17.6 Å². The summed E-state index contributed by atoms with van der Waals surface area (Å²) in [6, 6.07) is 10.7. The van der Waals surface area contributed by atoms with Crippen molar-refractivity contribution in [1.29, 1.82) is 0 Å². The first-order valence-corrected chi connectivity index (χ1v) is 9.10. The highest BCUT2D eigenvalue weighted by Crippen LogP contribution is 2.22. The monoisotopic (exact) mass is 350 g/mol. The smallest absolute Gasteiger partial charge is 0.251 e. The predicted molar refractivity (Wildman–Crippen MR) is 92.0 cm³/mol. The fourth-order valence-electron chi connectivity index (χ4n) is 2.16. The Morgan fingerprint density at radius 2 is 1.79 bits per heavy atom. The van der Waals surface area contributed by atoms with Gasteiger partial charge in [-0.1, -0.05) is 18.2 Å². The first kappa shape index (κ1) is 17.9. The van der Waals surface area contributed by atoms with Gasteiger partial charge in [0.2, 0.25) is 10.0 Å². The third-order valence-corrected chi connectivity index (χ3v) is 4.87. The lowest BCUT2D eigenvalue weighted by Gasteiger charge is -2.19. The number of aryl methyl sites for hydroxylation is 1. The summed E-state index contributed by atoms with van der Waals surface area (Å²) in [6.45, 7) is 2.03. The maximum Gasteiger partial charge on any atom is 0.251 e. The molecule has 0 aromatic heterocycles. The molecule has 0 saturated carbocycles. The second-order valence-corrected chi connectivity index (χ2v) is 7.55. The second-order valence-electron chi connectivity index (χ2n) is 5.54. The largest absolute Gasteiger partial charge is 0.348 e. The van der Waals surface area contributed by atoms with Gasteiger partial charge in [-0.2, -0.15) is 0 Å². The quantitative estimate of drug-likeness (QED) is 0.901. The van der Waals surface area contributed by atoms with Crippen molar-refractivity contribution in [3.05, 3.63) is 65.0 Å². The van der Waals surface area contributed by atoms with E-state index >= 15 is 0 Å². The Hall–Kier alpha value is -2.41. The first-order valence-electron chi connectivity index (χ1n) is 7.25. The van der Waals surface area contributed by atoms with E-state index in [0.29, 0.717) is 11.3 Å². The molecule has 0 aliphatic heterocycles. The van der Waals surface area contributed by atoms with Crippen molar-refractivity contribution in [3.8, 4) is 0 Å². The van der Waals surface area contributed by atoms with Gasteiger partial charge in [0.25, 0.3) is 5.91 Å². The summed E-state index contributed by atoms with van der Waals surface area (Å²) < 4.78 is 37.4. The molecular weight excluding hydrogens is 331 g/mol. The third-order valence-electron chi connectivity index (χ3n) is 3.67. The van der Waals surface area contributed by atoms with Crippen molar-refractivity contribution < 1.29 is 17.6 Å². The van der Waals surface area contributed by atoms with Crippen LogP contribution in [-0.2, 0) is 16.6 Å². The summed E-state index contributed by atoms with van der Waals surface area (Å²) in [7, 11) is -1.97. The Bertz CT molecular complexity index is 849. The molecule has 0 heterocycles. The van der Waals surface area contributed by atoms with E-state index < -0.39 is 10.0 Å². The van der Waals surface area contributed by atoms with Crippen LogP contribution in [0.5, 0.6) is 0 Å². The molecule has 1 amide bonds. The van der Waals surface area contributed by atoms with E-state index in [-0.39, 0.29) is 18.3 Å². The molecule has 0 fully saturated rings. The topological polar surface area (TPSA) is 66.5 Å². The molecule has 0 radical (unpaired) electrons. The number of carbonyl (C=O) groups excluding carboxylic acids is 1. The van der Waals surface area contributed by atoms with E-state index in [1.54, 1.807) is 31.2 Å². The van der Waals surface area contributed by atoms with Crippen molar-refractivity contribution in [2.45, 2.75) is 13.5 Å². The molecule has 0 atom stereocenters. The number of anilines is 1. The maximum absolute atomic E-state index is 12.9. The molecule has 5 nitrogen and oxygen atoms in total. The van der Waals surface area contributed by atoms with Gasteiger partial charge in [-0.25, -0.2) is 12.8 Å². The van der Waals surface area contributed by atoms with Crippen LogP contribution in [0.2, 0.25) is 0 Å². The first-order chi connectivity index (χ1) is 11.2. The molecule has 7 heteroatoms. The predicted octanol–water partition coefficient (Wildman–Crippen LogP) is 2.46. The van der Waals surface area contributed by atoms with Crippen molar-refractivity contribution >= 4 is 21.6 Å². The standard InChI is InChI=1S/C17H19FN2O3S/c1-12-4-7-14(10-16(12)20(2)24(3,22)23)17(21)19-11-13-5-8-15(18)9-6-13/h4-10H,11H2,1-3H3,(H,19,21). The fourth-order valence-corrected chi connectivity index (χ4v) is 2.71. The van der Waals surface area contributed by atoms with Crippen molar-refractivity contribution in [2.75, 3.05) is 17.6 Å². The summed E-state index contributed by atoms with van der Waals surface area (Å²) in [5.74, 6) is -0.667. The van der Waals surface area contributed by atoms with Crippen LogP contribution < -0.4 is 9.62 Å². The SMILES string of the molecule is Cc1ccc(C(=O)NCc2ccc(F)cc2)cc1N(C)S(C)(=O)=O. The van der Waals surface area contributed by atoms with E-state index in [2.05, 4.69) is 5.32 Å². The number of nitrogens with one attached hydrogen (secondary N) is 1. The highest BCUT2D eigenvalue weighted by Gasteiger charge is 2.16. The molecule has 24 heavy (non-hydrogen) atoms. The van der Waals surface area contributed by atoms with Crippen molar-refractivity contribution in [3.63, 3.8) is 0 Å². The molecule has 2 aromatic carbocycles. The fraction of sp³-hybridized carbons (Fsp3) is 0.235. The average molecular weight is 350 g/mol. The Kier molecular flexibility index (Phi) is 5.23. The van der Waals surface area contributed by atoms with Gasteiger partial charge in [0.1, 0.15) is 5.82 Å². The van der Waals surface area contributed by atoms with E-state index in [4.69, 9.17) is 0 Å². The minimum Gasteiger partial charge on any atom is -0.348 e. The second kappa shape index (κ2) is 7.00. The van der Waals surface area contributed by atoms with Crippen LogP contribution >= 0.6 is 0 Å². The van der Waals surface area contributed by atoms with Crippen molar-refractivity contribution in [2.24, 2.45) is 0 Å². The van der Waals surface area contributed by atoms with Gasteiger partial charge in [0, 0.05) is 19.2 Å². The Morgan fingerprint density at radius 3 is 2.38 bits per heavy atom. The van der Waals surface area contributed by atoms with Gasteiger partial charge in [-0.05, 0) is 42.3 Å². The number of hydrogen-bond donors (Lipinski definition) is 1. The molecular formula is C17H19FN2O3S. The van der Waals surface area contributed by atoms with Crippen LogP contribution in [0.3, 0.4) is 0 Å². The number of hydrogen-bond acceptors (Lipinski definition) is 3. The number of halogens is 1. The molecule has 0 unspecified atom stereocenters. The molecule has 0 bridgehead atoms. The number of amides is 1. The normalized spacial score (nSPS) is 11.2. The van der Waals surface area contributed by atoms with Crippen LogP contribution in [0.4, 0.5) is 10.1 Å². The number of sulfonamides is 1. The number of rotatable bonds is 5. The molecule has 2 rings (SSSR count). The van der Waals surface area contributed by atoms with E-state index in [0.717, 1.165) is 21.7 Å². The maximum atomic E-state index is 12.9. The van der Waals surface area contributed by atoms with Crippen LogP contribution in [0, 0.1) is 12.7 Å². The third kappa shape index (κ3) is 4.32. The minimum absolute atomic E-state index is 0.254. The summed E-state index contributed by atoms with van der Waals surface area (Å²) >= 11 is 0. The molecule has 1 N–H and O–H groups in total. The highest BCUT2D eigenvalue weighted by molar-refractivity contribution is 7.92. The minimum atomic E-state index is -3.41. The lowest BCUT2D eigenvalue weighted by atomic mass is 10.1. The lowest BCUT2D eigenvalue weighted by Crippen LogP contribution is -2.27. The number of benzene rings is 2. The Labute approximate surface area is 141 Å². The molecule has 128 valence electrons. The molecule has 0 saturated heterocycles. The summed E-state index contributed by atoms with van der Waals surface area (Å²) in [6.07, 6.45) is 1.10. The van der Waals surface area contributed by atoms with Gasteiger partial charge in [-0.15, -0.1) is 0 Å². The number of carbonyl (C=O) groups is 1. The molecule has 0 spiro atoms. The Balaban J connectivity index is 2.16. The van der Waals surface area contributed by atoms with Gasteiger partial charge >= 0.3 is 0 Å². The zero-order valence-corrected chi connectivity index (χ0v) is 14.5. The molecule has 2 aromatic rings. The van der Waals surface area contributed by atoms with Crippen LogP contribution in [-0.4, -0.2) is 27.6 Å². The highest BCUT2D eigenvalue weighted by atomic mass is 32.2. The summed E-state index contributed by atoms with van der Waals surface area (Å²) in [5.41, 5.74) is 2.32. The molecule has 0 aliphatic carbocycles. The van der Waals surface area contributed by atoms with Gasteiger partial charge in [0.15, 0.2) is 0 Å². The van der Waals surface area contributed by atoms with Gasteiger partial charge in [-0.3, -0.25) is 9.10 Å². The molecule has 0 aliphatic rings. The van der Waals surface area contributed by atoms with E-state index in [1.807, 2.05) is 0 Å². The zero-order valence-electron chi connectivity index (χ0n) is 13.7. The average Bonchev–Trinajstić information content (AvgIpc) is 2.53. The summed E-state index contributed by atoms with van der Waals surface area (Å²) in [4.78, 5) is 12.3. The number of nitrogens with zero attached hydrogens (tertiary/aromatic N) is 1.